The molecule has 1 aliphatic carbocycles. The predicted octanol–water partition coefficient (Wildman–Crippen LogP) is 1.31. The third-order valence-corrected chi connectivity index (χ3v) is 3.63. The largest absolute Gasteiger partial charge is 0.396 e. The van der Waals surface area contributed by atoms with Gasteiger partial charge in [-0.1, -0.05) is 11.6 Å². The van der Waals surface area contributed by atoms with E-state index in [0.29, 0.717) is 0 Å². The van der Waals surface area contributed by atoms with Gasteiger partial charge in [-0.25, -0.2) is 4.39 Å². The first-order valence-electron chi connectivity index (χ1n) is 6.11. The van der Waals surface area contributed by atoms with Crippen LogP contribution >= 0.6 is 11.6 Å². The quantitative estimate of drug-likeness (QED) is 0.734. The Morgan fingerprint density at radius 1 is 1.35 bits per heavy atom. The second kappa shape index (κ2) is 5.76. The Morgan fingerprint density at radius 3 is 2.65 bits per heavy atom. The van der Waals surface area contributed by atoms with Gasteiger partial charge < -0.3 is 15.7 Å². The molecule has 1 aromatic carbocycles. The van der Waals surface area contributed by atoms with Gasteiger partial charge in [-0.3, -0.25) is 9.59 Å². The van der Waals surface area contributed by atoms with Crippen LogP contribution in [0.5, 0.6) is 0 Å². The molecule has 0 heterocycles. The van der Waals surface area contributed by atoms with Gasteiger partial charge in [-0.05, 0) is 31.0 Å². The summed E-state index contributed by atoms with van der Waals surface area (Å²) in [5.74, 6) is -2.33. The van der Waals surface area contributed by atoms with Crippen molar-refractivity contribution in [3.63, 3.8) is 0 Å². The van der Waals surface area contributed by atoms with Crippen LogP contribution in [0.2, 0.25) is 5.02 Å². The molecule has 0 atom stereocenters. The highest BCUT2D eigenvalue weighted by Crippen LogP contribution is 2.44. The minimum absolute atomic E-state index is 0.0232. The highest BCUT2D eigenvalue weighted by atomic mass is 35.5. The van der Waals surface area contributed by atoms with E-state index < -0.39 is 17.6 Å². The van der Waals surface area contributed by atoms with Gasteiger partial charge in [0.2, 0.25) is 0 Å². The molecular formula is C13H14ClFN2O3. The second-order valence-corrected chi connectivity index (χ2v) is 5.33. The van der Waals surface area contributed by atoms with Gasteiger partial charge in [0, 0.05) is 12.0 Å². The van der Waals surface area contributed by atoms with Gasteiger partial charge >= 0.3 is 11.8 Å². The smallest absolute Gasteiger partial charge is 0.313 e. The van der Waals surface area contributed by atoms with Gasteiger partial charge in [-0.2, -0.15) is 0 Å². The van der Waals surface area contributed by atoms with Crippen molar-refractivity contribution in [2.75, 3.05) is 18.5 Å². The lowest BCUT2D eigenvalue weighted by molar-refractivity contribution is -0.136. The molecule has 0 aliphatic heterocycles. The van der Waals surface area contributed by atoms with E-state index in [1.54, 1.807) is 0 Å². The SMILES string of the molecule is O=C(NCC1(CO)CC1)C(=O)Nc1cc(F)ccc1Cl. The molecule has 0 saturated heterocycles. The fourth-order valence-electron chi connectivity index (χ4n) is 1.69. The normalized spacial score (nSPS) is 15.6. The minimum atomic E-state index is -0.925. The van der Waals surface area contributed by atoms with Crippen molar-refractivity contribution in [3.05, 3.63) is 29.0 Å². The van der Waals surface area contributed by atoms with Gasteiger partial charge in [0.1, 0.15) is 5.82 Å². The monoisotopic (exact) mass is 300 g/mol. The predicted molar refractivity (Wildman–Crippen MR) is 71.8 cm³/mol. The summed E-state index contributed by atoms with van der Waals surface area (Å²) >= 11 is 5.78. The number of amides is 2. The number of aliphatic hydroxyl groups excluding tert-OH is 1. The minimum Gasteiger partial charge on any atom is -0.396 e. The maximum atomic E-state index is 13.0. The molecule has 0 bridgehead atoms. The van der Waals surface area contributed by atoms with Gasteiger partial charge in [0.25, 0.3) is 0 Å². The lowest BCUT2D eigenvalue weighted by Gasteiger charge is -2.12. The number of carbonyl (C=O) groups excluding carboxylic acids is 2. The number of nitrogens with one attached hydrogen (secondary N) is 2. The third-order valence-electron chi connectivity index (χ3n) is 3.30. The van der Waals surface area contributed by atoms with Crippen LogP contribution in [0.1, 0.15) is 12.8 Å². The fraction of sp³-hybridized carbons (Fsp3) is 0.385. The van der Waals surface area contributed by atoms with Crippen molar-refractivity contribution in [1.29, 1.82) is 0 Å². The first-order valence-corrected chi connectivity index (χ1v) is 6.49. The Balaban J connectivity index is 1.90. The molecule has 0 radical (unpaired) electrons. The Kier molecular flexibility index (Phi) is 4.25. The van der Waals surface area contributed by atoms with Crippen LogP contribution in [0.25, 0.3) is 0 Å². The molecule has 3 N–H and O–H groups in total. The number of anilines is 1. The summed E-state index contributed by atoms with van der Waals surface area (Å²) in [6, 6.07) is 3.47. The van der Waals surface area contributed by atoms with E-state index in [1.807, 2.05) is 0 Å². The van der Waals surface area contributed by atoms with Crippen LogP contribution in [0.4, 0.5) is 10.1 Å². The van der Waals surface area contributed by atoms with E-state index in [-0.39, 0.29) is 29.3 Å². The maximum absolute atomic E-state index is 13.0. The van der Waals surface area contributed by atoms with E-state index in [2.05, 4.69) is 10.6 Å². The Hall–Kier alpha value is -1.66. The summed E-state index contributed by atoms with van der Waals surface area (Å²) in [5, 5.41) is 13.9. The number of halogens is 2. The summed E-state index contributed by atoms with van der Waals surface area (Å²) in [6.07, 6.45) is 1.64. The fourth-order valence-corrected chi connectivity index (χ4v) is 1.85. The zero-order valence-corrected chi connectivity index (χ0v) is 11.3. The number of hydrogen-bond acceptors (Lipinski definition) is 3. The molecule has 5 nitrogen and oxygen atoms in total. The lowest BCUT2D eigenvalue weighted by Crippen LogP contribution is -2.39. The first kappa shape index (κ1) is 14.7. The van der Waals surface area contributed by atoms with Gasteiger partial charge in [-0.15, -0.1) is 0 Å². The van der Waals surface area contributed by atoms with Crippen molar-refractivity contribution in [2.24, 2.45) is 5.41 Å². The Labute approximate surface area is 120 Å². The zero-order valence-electron chi connectivity index (χ0n) is 10.6. The van der Waals surface area contributed by atoms with Crippen LogP contribution in [-0.2, 0) is 9.59 Å². The maximum Gasteiger partial charge on any atom is 0.313 e. The summed E-state index contributed by atoms with van der Waals surface area (Å²) in [6.45, 7) is 0.220. The summed E-state index contributed by atoms with van der Waals surface area (Å²) in [4.78, 5) is 23.2. The van der Waals surface area contributed by atoms with Crippen LogP contribution < -0.4 is 10.6 Å². The molecule has 1 fully saturated rings. The molecule has 2 rings (SSSR count). The van der Waals surface area contributed by atoms with Crippen LogP contribution in [0.15, 0.2) is 18.2 Å². The van der Waals surface area contributed by atoms with E-state index in [4.69, 9.17) is 16.7 Å². The lowest BCUT2D eigenvalue weighted by atomic mass is 10.1. The summed E-state index contributed by atoms with van der Waals surface area (Å²) < 4.78 is 13.0. The molecule has 1 aliphatic rings. The third kappa shape index (κ3) is 3.46. The highest BCUT2D eigenvalue weighted by Gasteiger charge is 2.42. The van der Waals surface area contributed by atoms with Crippen molar-refractivity contribution < 1.29 is 19.1 Å². The molecule has 0 spiro atoms. The molecule has 0 unspecified atom stereocenters. The average Bonchev–Trinajstić information content (AvgIpc) is 3.21. The van der Waals surface area contributed by atoms with Gasteiger partial charge in [0.15, 0.2) is 0 Å². The van der Waals surface area contributed by atoms with Crippen molar-refractivity contribution in [2.45, 2.75) is 12.8 Å². The first-order chi connectivity index (χ1) is 9.46. The van der Waals surface area contributed by atoms with E-state index in [9.17, 15) is 14.0 Å². The molecule has 20 heavy (non-hydrogen) atoms. The number of aliphatic hydroxyl groups is 1. The van der Waals surface area contributed by atoms with Crippen molar-refractivity contribution in [1.82, 2.24) is 5.32 Å². The van der Waals surface area contributed by atoms with Crippen LogP contribution in [-0.4, -0.2) is 30.1 Å². The molecule has 2 amide bonds. The van der Waals surface area contributed by atoms with Crippen LogP contribution in [0, 0.1) is 11.2 Å². The Bertz CT molecular complexity index is 546. The summed E-state index contributed by atoms with van der Waals surface area (Å²) in [5.41, 5.74) is -0.248. The molecule has 1 saturated carbocycles. The van der Waals surface area contributed by atoms with Crippen molar-refractivity contribution >= 4 is 29.1 Å². The zero-order chi connectivity index (χ0) is 14.8. The highest BCUT2D eigenvalue weighted by molar-refractivity contribution is 6.41. The van der Waals surface area contributed by atoms with Crippen LogP contribution in [0.3, 0.4) is 0 Å². The number of carbonyl (C=O) groups is 2. The molecular weight excluding hydrogens is 287 g/mol. The number of rotatable bonds is 4. The average molecular weight is 301 g/mol. The second-order valence-electron chi connectivity index (χ2n) is 4.92. The van der Waals surface area contributed by atoms with Gasteiger partial charge in [0.05, 0.1) is 17.3 Å². The Morgan fingerprint density at radius 2 is 2.05 bits per heavy atom. The van der Waals surface area contributed by atoms with E-state index in [0.717, 1.165) is 25.0 Å². The molecule has 1 aromatic rings. The molecule has 108 valence electrons. The van der Waals surface area contributed by atoms with Crippen molar-refractivity contribution in [3.8, 4) is 0 Å². The summed E-state index contributed by atoms with van der Waals surface area (Å²) in [7, 11) is 0. The molecule has 0 aromatic heterocycles. The number of benzene rings is 1. The van der Waals surface area contributed by atoms with E-state index >= 15 is 0 Å². The standard InChI is InChI=1S/C13H14ClFN2O3/c14-9-2-1-8(15)5-10(9)17-12(20)11(19)16-6-13(7-18)3-4-13/h1-2,5,18H,3-4,6-7H2,(H,16,19)(H,17,20). The number of hydrogen-bond donors (Lipinski definition) is 3. The van der Waals surface area contributed by atoms with E-state index in [1.165, 1.54) is 6.07 Å². The topological polar surface area (TPSA) is 78.4 Å². The molecule has 7 heteroatoms.